The molecule has 0 aromatic rings. The van der Waals surface area contributed by atoms with Crippen LogP contribution in [0.3, 0.4) is 0 Å². The third-order valence-electron chi connectivity index (χ3n) is 3.64. The number of esters is 1. The third kappa shape index (κ3) is 3.60. The fourth-order valence-corrected chi connectivity index (χ4v) is 3.27. The van der Waals surface area contributed by atoms with E-state index in [0.29, 0.717) is 4.48 Å². The molecule has 2 atom stereocenters. The number of alkyl halides is 1. The normalized spacial score (nSPS) is 25.5. The first-order chi connectivity index (χ1) is 8.43. The van der Waals surface area contributed by atoms with Crippen molar-refractivity contribution in [1.82, 2.24) is 0 Å². The summed E-state index contributed by atoms with van der Waals surface area (Å²) in [6.07, 6.45) is 7.10. The zero-order valence-electron chi connectivity index (χ0n) is 11.4. The van der Waals surface area contributed by atoms with Crippen molar-refractivity contribution in [3.63, 3.8) is 0 Å². The lowest BCUT2D eigenvalue weighted by Crippen LogP contribution is -2.36. The zero-order valence-corrected chi connectivity index (χ0v) is 14.6. The lowest BCUT2D eigenvalue weighted by Gasteiger charge is -2.29. The summed E-state index contributed by atoms with van der Waals surface area (Å²) in [4.78, 5) is 11.8. The molecule has 0 fully saturated rings. The molecular formula is C14H22Br2O2. The predicted molar refractivity (Wildman–Crippen MR) is 82.2 cm³/mol. The summed E-state index contributed by atoms with van der Waals surface area (Å²) in [5.74, 6) is -0.229. The molecule has 2 nitrogen and oxygen atoms in total. The number of hydrogen-bond donors (Lipinski definition) is 0. The molecule has 1 heterocycles. The van der Waals surface area contributed by atoms with E-state index in [1.165, 1.54) is 25.7 Å². The van der Waals surface area contributed by atoms with E-state index < -0.39 is 5.60 Å². The minimum Gasteiger partial charge on any atom is -0.450 e. The van der Waals surface area contributed by atoms with Crippen LogP contribution in [0.5, 0.6) is 0 Å². The monoisotopic (exact) mass is 380 g/mol. The van der Waals surface area contributed by atoms with Crippen LogP contribution in [0.2, 0.25) is 0 Å². The first-order valence-corrected chi connectivity index (χ1v) is 8.40. The number of carbonyl (C=O) groups excluding carboxylic acids is 1. The Hall–Kier alpha value is 0.170. The van der Waals surface area contributed by atoms with Crippen LogP contribution in [0, 0.1) is 0 Å². The molecule has 0 aromatic heterocycles. The Morgan fingerprint density at radius 3 is 2.44 bits per heavy atom. The van der Waals surface area contributed by atoms with E-state index in [1.54, 1.807) is 0 Å². The highest BCUT2D eigenvalue weighted by Crippen LogP contribution is 2.42. The Morgan fingerprint density at radius 2 is 1.89 bits per heavy atom. The number of hydrogen-bond acceptors (Lipinski definition) is 2. The SMILES string of the molecule is CCCCCCCC1=C(Br)C(=O)OC1(C)C(C)Br. The van der Waals surface area contributed by atoms with Crippen molar-refractivity contribution in [1.29, 1.82) is 0 Å². The Balaban J connectivity index is 2.62. The summed E-state index contributed by atoms with van der Waals surface area (Å²) in [6.45, 7) is 6.22. The van der Waals surface area contributed by atoms with E-state index in [-0.39, 0.29) is 10.8 Å². The van der Waals surface area contributed by atoms with Crippen molar-refractivity contribution in [3.8, 4) is 0 Å². The molecule has 1 rings (SSSR count). The third-order valence-corrected chi connectivity index (χ3v) is 5.31. The molecule has 2 unspecified atom stereocenters. The Bertz CT molecular complexity index is 337. The first-order valence-electron chi connectivity index (χ1n) is 6.70. The quantitative estimate of drug-likeness (QED) is 0.348. The summed E-state index contributed by atoms with van der Waals surface area (Å²) in [7, 11) is 0. The zero-order chi connectivity index (χ0) is 13.8. The molecule has 0 radical (unpaired) electrons. The van der Waals surface area contributed by atoms with Gasteiger partial charge in [0, 0.05) is 0 Å². The second kappa shape index (κ2) is 7.09. The fraction of sp³-hybridized carbons (Fsp3) is 0.786. The van der Waals surface area contributed by atoms with Crippen LogP contribution in [0.1, 0.15) is 59.3 Å². The van der Waals surface area contributed by atoms with Crippen LogP contribution in [0.25, 0.3) is 0 Å². The van der Waals surface area contributed by atoms with E-state index in [9.17, 15) is 4.79 Å². The molecule has 0 spiro atoms. The van der Waals surface area contributed by atoms with Crippen LogP contribution in [0.15, 0.2) is 10.1 Å². The van der Waals surface area contributed by atoms with Gasteiger partial charge in [-0.3, -0.25) is 0 Å². The van der Waals surface area contributed by atoms with Gasteiger partial charge in [0.2, 0.25) is 0 Å². The van der Waals surface area contributed by atoms with Gasteiger partial charge in [0.05, 0.1) is 4.83 Å². The number of unbranched alkanes of at least 4 members (excludes halogenated alkanes) is 4. The minimum absolute atomic E-state index is 0.120. The molecule has 1 aliphatic rings. The van der Waals surface area contributed by atoms with Crippen LogP contribution < -0.4 is 0 Å². The van der Waals surface area contributed by atoms with Gasteiger partial charge in [-0.2, -0.15) is 0 Å². The Labute approximate surface area is 127 Å². The number of carbonyl (C=O) groups is 1. The molecule has 18 heavy (non-hydrogen) atoms. The van der Waals surface area contributed by atoms with Crippen LogP contribution in [-0.4, -0.2) is 16.4 Å². The van der Waals surface area contributed by atoms with E-state index in [1.807, 2.05) is 13.8 Å². The maximum Gasteiger partial charge on any atom is 0.346 e. The van der Waals surface area contributed by atoms with Crippen molar-refractivity contribution in [2.45, 2.75) is 69.7 Å². The standard InChI is InChI=1S/C14H22Br2O2/c1-4-5-6-7-8-9-11-12(16)13(17)18-14(11,3)10(2)15/h10H,4-9H2,1-3H3. The van der Waals surface area contributed by atoms with Gasteiger partial charge in [0.1, 0.15) is 10.1 Å². The Kier molecular flexibility index (Phi) is 6.39. The summed E-state index contributed by atoms with van der Waals surface area (Å²) in [6, 6.07) is 0. The molecule has 0 amide bonds. The highest BCUT2D eigenvalue weighted by molar-refractivity contribution is 9.12. The lowest BCUT2D eigenvalue weighted by atomic mass is 9.90. The second-order valence-corrected chi connectivity index (χ2v) is 7.24. The van der Waals surface area contributed by atoms with Crippen LogP contribution in [-0.2, 0) is 9.53 Å². The lowest BCUT2D eigenvalue weighted by molar-refractivity contribution is -0.144. The fourth-order valence-electron chi connectivity index (χ4n) is 2.22. The van der Waals surface area contributed by atoms with Gasteiger partial charge >= 0.3 is 5.97 Å². The largest absolute Gasteiger partial charge is 0.450 e. The molecule has 0 saturated heterocycles. The topological polar surface area (TPSA) is 26.3 Å². The maximum absolute atomic E-state index is 11.7. The first kappa shape index (κ1) is 16.2. The summed E-state index contributed by atoms with van der Waals surface area (Å²) in [5.41, 5.74) is 0.606. The van der Waals surface area contributed by atoms with E-state index in [2.05, 4.69) is 38.8 Å². The molecule has 0 N–H and O–H groups in total. The minimum atomic E-state index is -0.499. The number of halogens is 2. The maximum atomic E-state index is 11.7. The summed E-state index contributed by atoms with van der Waals surface area (Å²) < 4.78 is 6.14. The van der Waals surface area contributed by atoms with Gasteiger partial charge in [0.25, 0.3) is 0 Å². The van der Waals surface area contributed by atoms with Crippen molar-refractivity contribution < 1.29 is 9.53 Å². The van der Waals surface area contributed by atoms with Crippen LogP contribution in [0.4, 0.5) is 0 Å². The highest BCUT2D eigenvalue weighted by Gasteiger charge is 2.45. The van der Waals surface area contributed by atoms with Gasteiger partial charge in [-0.15, -0.1) is 0 Å². The summed E-state index contributed by atoms with van der Waals surface area (Å²) in [5, 5.41) is 0. The average Bonchev–Trinajstić information content (AvgIpc) is 2.53. The average molecular weight is 382 g/mol. The predicted octanol–water partition coefficient (Wildman–Crippen LogP) is 5.09. The van der Waals surface area contributed by atoms with E-state index >= 15 is 0 Å². The van der Waals surface area contributed by atoms with Gasteiger partial charge in [0.15, 0.2) is 0 Å². The van der Waals surface area contributed by atoms with E-state index in [0.717, 1.165) is 18.4 Å². The van der Waals surface area contributed by atoms with Crippen molar-refractivity contribution in [3.05, 3.63) is 10.1 Å². The van der Waals surface area contributed by atoms with Crippen molar-refractivity contribution in [2.24, 2.45) is 0 Å². The van der Waals surface area contributed by atoms with Crippen molar-refractivity contribution >= 4 is 37.8 Å². The number of cyclic esters (lactones) is 1. The van der Waals surface area contributed by atoms with Gasteiger partial charge in [-0.1, -0.05) is 48.5 Å². The molecule has 0 bridgehead atoms. The smallest absolute Gasteiger partial charge is 0.346 e. The summed E-state index contributed by atoms with van der Waals surface area (Å²) >= 11 is 6.94. The molecule has 0 aliphatic carbocycles. The second-order valence-electron chi connectivity index (χ2n) is 5.07. The molecular weight excluding hydrogens is 360 g/mol. The number of rotatable bonds is 7. The Morgan fingerprint density at radius 1 is 1.28 bits per heavy atom. The van der Waals surface area contributed by atoms with Crippen LogP contribution >= 0.6 is 31.9 Å². The molecule has 4 heteroatoms. The van der Waals surface area contributed by atoms with Gasteiger partial charge < -0.3 is 4.74 Å². The van der Waals surface area contributed by atoms with Gasteiger partial charge in [-0.25, -0.2) is 4.79 Å². The molecule has 0 saturated carbocycles. The van der Waals surface area contributed by atoms with Gasteiger partial charge in [-0.05, 0) is 48.2 Å². The molecule has 0 aromatic carbocycles. The van der Waals surface area contributed by atoms with Crippen molar-refractivity contribution in [2.75, 3.05) is 0 Å². The molecule has 1 aliphatic heterocycles. The molecule has 104 valence electrons. The number of ether oxygens (including phenoxy) is 1. The van der Waals surface area contributed by atoms with E-state index in [4.69, 9.17) is 4.74 Å². The highest BCUT2D eigenvalue weighted by atomic mass is 79.9.